The van der Waals surface area contributed by atoms with Gasteiger partial charge in [-0.25, -0.2) is 0 Å². The molecule has 102 valence electrons. The summed E-state index contributed by atoms with van der Waals surface area (Å²) in [6.45, 7) is 0. The fourth-order valence-corrected chi connectivity index (χ4v) is 2.68. The first-order valence-electron chi connectivity index (χ1n) is 6.47. The topological polar surface area (TPSA) is 30.0 Å². The van der Waals surface area contributed by atoms with Crippen LogP contribution in [0, 0.1) is 5.92 Å². The predicted molar refractivity (Wildman–Crippen MR) is 71.6 cm³/mol. The number of aldehydes is 1. The highest BCUT2D eigenvalue weighted by Gasteiger charge is 2.42. The zero-order chi connectivity index (χ0) is 14.2. The molecule has 1 aliphatic carbocycles. The summed E-state index contributed by atoms with van der Waals surface area (Å²) in [6.07, 6.45) is 1.96. The number of carbonyl (C=O) groups excluding carboxylic acids is 1. The van der Waals surface area contributed by atoms with Crippen LogP contribution in [0.25, 0.3) is 11.3 Å². The van der Waals surface area contributed by atoms with Crippen LogP contribution in [-0.4, -0.2) is 17.2 Å². The van der Waals surface area contributed by atoms with Crippen molar-refractivity contribution in [3.8, 4) is 11.3 Å². The largest absolute Gasteiger partial charge is 0.305 e. The number of hydrogen-bond acceptors (Lipinski definition) is 2. The Morgan fingerprint density at radius 3 is 2.65 bits per heavy atom. The Morgan fingerprint density at radius 1 is 1.15 bits per heavy atom. The molecule has 20 heavy (non-hydrogen) atoms. The van der Waals surface area contributed by atoms with Gasteiger partial charge in [0.15, 0.2) is 6.29 Å². The lowest BCUT2D eigenvalue weighted by molar-refractivity contribution is -0.136. The summed E-state index contributed by atoms with van der Waals surface area (Å²) in [5, 5.41) is 0. The lowest BCUT2D eigenvalue weighted by Crippen LogP contribution is -2.30. The molecule has 1 unspecified atom stereocenters. The van der Waals surface area contributed by atoms with Gasteiger partial charge in [-0.15, -0.1) is 0 Å². The highest BCUT2D eigenvalue weighted by atomic mass is 19.3. The Balaban J connectivity index is 1.91. The number of nitrogens with zero attached hydrogens (tertiary/aromatic N) is 1. The third kappa shape index (κ3) is 2.22. The van der Waals surface area contributed by atoms with Gasteiger partial charge in [-0.1, -0.05) is 18.2 Å². The van der Waals surface area contributed by atoms with Gasteiger partial charge < -0.3 is 0 Å². The van der Waals surface area contributed by atoms with Crippen LogP contribution >= 0.6 is 0 Å². The number of fused-ring (bicyclic) bond motifs is 1. The number of hydrogen-bond donors (Lipinski definition) is 0. The Morgan fingerprint density at radius 2 is 1.95 bits per heavy atom. The molecule has 1 aliphatic rings. The molecule has 1 aromatic carbocycles. The number of carbonyl (C=O) groups is 1. The van der Waals surface area contributed by atoms with Crippen molar-refractivity contribution in [2.75, 3.05) is 0 Å². The fourth-order valence-electron chi connectivity index (χ4n) is 2.68. The van der Waals surface area contributed by atoms with Crippen LogP contribution in [0.2, 0.25) is 0 Å². The van der Waals surface area contributed by atoms with Crippen molar-refractivity contribution in [1.29, 1.82) is 0 Å². The number of pyridine rings is 1. The van der Waals surface area contributed by atoms with E-state index in [1.54, 1.807) is 6.20 Å². The summed E-state index contributed by atoms with van der Waals surface area (Å²) < 4.78 is 26.9. The predicted octanol–water partition coefficient (Wildman–Crippen LogP) is 3.30. The Kier molecular flexibility index (Phi) is 3.08. The quantitative estimate of drug-likeness (QED) is 0.803. The minimum atomic E-state index is -3.25. The van der Waals surface area contributed by atoms with E-state index in [9.17, 15) is 13.6 Å². The van der Waals surface area contributed by atoms with Gasteiger partial charge in [0.2, 0.25) is 0 Å². The maximum absolute atomic E-state index is 13.5. The van der Waals surface area contributed by atoms with E-state index in [4.69, 9.17) is 0 Å². The first kappa shape index (κ1) is 12.9. The smallest absolute Gasteiger partial charge is 0.297 e. The van der Waals surface area contributed by atoms with E-state index in [-0.39, 0.29) is 19.1 Å². The molecular weight excluding hydrogens is 260 g/mol. The van der Waals surface area contributed by atoms with Crippen molar-refractivity contribution in [2.24, 2.45) is 5.92 Å². The highest BCUT2D eigenvalue weighted by molar-refractivity contribution is 5.63. The molecule has 0 saturated heterocycles. The third-order valence-corrected chi connectivity index (χ3v) is 3.80. The average Bonchev–Trinajstić information content (AvgIpc) is 2.92. The van der Waals surface area contributed by atoms with Crippen LogP contribution in [0.5, 0.6) is 0 Å². The van der Waals surface area contributed by atoms with Crippen LogP contribution in [0.4, 0.5) is 8.78 Å². The van der Waals surface area contributed by atoms with Crippen LogP contribution in [-0.2, 0) is 17.6 Å². The van der Waals surface area contributed by atoms with E-state index in [0.29, 0.717) is 0 Å². The fraction of sp³-hybridized carbons (Fsp3) is 0.250. The number of rotatable bonds is 3. The summed E-state index contributed by atoms with van der Waals surface area (Å²) in [5.74, 6) is -4.17. The summed E-state index contributed by atoms with van der Waals surface area (Å²) in [4.78, 5) is 14.7. The maximum atomic E-state index is 13.5. The molecule has 0 radical (unpaired) electrons. The average molecular weight is 273 g/mol. The van der Waals surface area contributed by atoms with Gasteiger partial charge in [0, 0.05) is 17.7 Å². The van der Waals surface area contributed by atoms with E-state index in [1.165, 1.54) is 0 Å². The molecule has 0 N–H and O–H groups in total. The zero-order valence-corrected chi connectivity index (χ0v) is 10.7. The van der Waals surface area contributed by atoms with Gasteiger partial charge in [0.05, 0.1) is 5.69 Å². The molecule has 1 heterocycles. The second-order valence-corrected chi connectivity index (χ2v) is 5.10. The molecule has 2 aromatic rings. The summed E-state index contributed by atoms with van der Waals surface area (Å²) in [6, 6.07) is 11.3. The Labute approximate surface area is 115 Å². The normalized spacial score (nSPS) is 17.8. The second-order valence-electron chi connectivity index (χ2n) is 5.10. The third-order valence-electron chi connectivity index (χ3n) is 3.80. The first-order chi connectivity index (χ1) is 9.60. The van der Waals surface area contributed by atoms with Gasteiger partial charge in [-0.2, -0.15) is 8.78 Å². The van der Waals surface area contributed by atoms with Crippen molar-refractivity contribution < 1.29 is 13.6 Å². The molecular formula is C16H13F2NO. The van der Waals surface area contributed by atoms with Gasteiger partial charge >= 0.3 is 5.92 Å². The van der Waals surface area contributed by atoms with E-state index in [0.717, 1.165) is 22.4 Å². The molecule has 3 rings (SSSR count). The number of halogens is 2. The molecule has 0 aliphatic heterocycles. The lowest BCUT2D eigenvalue weighted by Gasteiger charge is -2.15. The summed E-state index contributed by atoms with van der Waals surface area (Å²) in [7, 11) is 0. The maximum Gasteiger partial charge on any atom is 0.305 e. The molecule has 0 bridgehead atoms. The van der Waals surface area contributed by atoms with Crippen molar-refractivity contribution in [2.45, 2.75) is 18.8 Å². The SMILES string of the molecule is O=CC(F)(F)C1Cc2ccc(-c3ccccn3)cc2C1. The molecule has 4 heteroatoms. The number of benzene rings is 1. The first-order valence-corrected chi connectivity index (χ1v) is 6.47. The minimum absolute atomic E-state index is 0.233. The van der Waals surface area contributed by atoms with Crippen molar-refractivity contribution in [1.82, 2.24) is 4.98 Å². The molecule has 1 aromatic heterocycles. The van der Waals surface area contributed by atoms with E-state index >= 15 is 0 Å². The molecule has 0 fully saturated rings. The lowest BCUT2D eigenvalue weighted by atomic mass is 9.99. The van der Waals surface area contributed by atoms with Gasteiger partial charge in [0.1, 0.15) is 0 Å². The van der Waals surface area contributed by atoms with E-state index < -0.39 is 11.8 Å². The molecule has 0 saturated carbocycles. The minimum Gasteiger partial charge on any atom is -0.297 e. The standard InChI is InChI=1S/C16H13F2NO/c17-16(18,10-20)14-8-11-4-5-12(7-13(11)9-14)15-3-1-2-6-19-15/h1-7,10,14H,8-9H2. The number of aromatic nitrogens is 1. The van der Waals surface area contributed by atoms with Gasteiger partial charge in [-0.3, -0.25) is 9.78 Å². The van der Waals surface area contributed by atoms with Gasteiger partial charge in [-0.05, 0) is 42.2 Å². The van der Waals surface area contributed by atoms with E-state index in [2.05, 4.69) is 4.98 Å². The van der Waals surface area contributed by atoms with Crippen LogP contribution in [0.1, 0.15) is 11.1 Å². The summed E-state index contributed by atoms with van der Waals surface area (Å²) >= 11 is 0. The highest BCUT2D eigenvalue weighted by Crippen LogP contribution is 2.37. The molecule has 1 atom stereocenters. The molecule has 2 nitrogen and oxygen atoms in total. The van der Waals surface area contributed by atoms with Crippen LogP contribution in [0.3, 0.4) is 0 Å². The Bertz CT molecular complexity index is 640. The summed E-state index contributed by atoms with van der Waals surface area (Å²) in [5.41, 5.74) is 3.52. The van der Waals surface area contributed by atoms with Crippen molar-refractivity contribution in [3.05, 3.63) is 53.7 Å². The zero-order valence-electron chi connectivity index (χ0n) is 10.7. The monoisotopic (exact) mass is 273 g/mol. The van der Waals surface area contributed by atoms with Crippen molar-refractivity contribution in [3.63, 3.8) is 0 Å². The molecule has 0 amide bonds. The van der Waals surface area contributed by atoms with Crippen molar-refractivity contribution >= 4 is 6.29 Å². The Hall–Kier alpha value is -2.10. The van der Waals surface area contributed by atoms with Gasteiger partial charge in [0.25, 0.3) is 0 Å². The second kappa shape index (κ2) is 4.78. The molecule has 0 spiro atoms. The van der Waals surface area contributed by atoms with Crippen LogP contribution in [0.15, 0.2) is 42.6 Å². The van der Waals surface area contributed by atoms with Crippen LogP contribution < -0.4 is 0 Å². The number of alkyl halides is 2. The van der Waals surface area contributed by atoms with E-state index in [1.807, 2.05) is 36.4 Å².